The fourth-order valence-corrected chi connectivity index (χ4v) is 5.11. The molecule has 0 amide bonds. The lowest BCUT2D eigenvalue weighted by molar-refractivity contribution is -0.383. The zero-order valence-electron chi connectivity index (χ0n) is 21.3. The molecule has 1 aliphatic heterocycles. The number of aliphatic hydroxyl groups excluding tert-OH is 4. The van der Waals surface area contributed by atoms with Crippen LogP contribution in [-0.2, 0) is 17.7 Å². The number of aliphatic hydroxyl groups is 4. The molecule has 5 unspecified atom stereocenters. The largest absolute Gasteiger partial charge is 0.394 e. The Kier molecular flexibility index (Phi) is 7.99. The number of benzene rings is 3. The molecule has 4 N–H and O–H groups in total. The van der Waals surface area contributed by atoms with Gasteiger partial charge in [-0.05, 0) is 51.1 Å². The summed E-state index contributed by atoms with van der Waals surface area (Å²) in [7, 11) is 1.84. The zero-order valence-corrected chi connectivity index (χ0v) is 22.0. The van der Waals surface area contributed by atoms with E-state index in [4.69, 9.17) is 21.0 Å². The lowest BCUT2D eigenvalue weighted by Crippen LogP contribution is -2.55. The van der Waals surface area contributed by atoms with E-state index >= 15 is 0 Å². The number of hydrogen-bond acceptors (Lipinski definition) is 11. The molecule has 5 atom stereocenters. The molecular formula is C27H27ClN4O8. The molecule has 1 aromatic heterocycles. The van der Waals surface area contributed by atoms with Gasteiger partial charge in [0.2, 0.25) is 5.52 Å². The summed E-state index contributed by atoms with van der Waals surface area (Å²) in [6.07, 6.45) is -5.75. The van der Waals surface area contributed by atoms with Crippen molar-refractivity contribution in [1.82, 2.24) is 10.3 Å². The standard InChI is InChI=1S/C27H27ClN4O8/c1-31(19-8-9-20(32(37)38)23-22(19)29-40-30-23)12-15-4-2-14(3-5-15)10-17-11-16(6-7-18(17)28)27-26(36)25(35)24(34)21(13-33)39-27/h2-9,11,21,24-27,33-36H,10,12-13H2,1H3. The van der Waals surface area contributed by atoms with Crippen molar-refractivity contribution < 1.29 is 34.7 Å². The highest BCUT2D eigenvalue weighted by atomic mass is 35.5. The first-order chi connectivity index (χ1) is 19.2. The fourth-order valence-electron chi connectivity index (χ4n) is 4.92. The molecule has 5 rings (SSSR count). The third-order valence-corrected chi connectivity index (χ3v) is 7.48. The fraction of sp³-hybridized carbons (Fsp3) is 0.333. The first-order valence-electron chi connectivity index (χ1n) is 12.5. The second-order valence-corrected chi connectivity index (χ2v) is 10.2. The lowest BCUT2D eigenvalue weighted by Gasteiger charge is -2.40. The van der Waals surface area contributed by atoms with Gasteiger partial charge in [-0.1, -0.05) is 48.0 Å². The lowest BCUT2D eigenvalue weighted by atomic mass is 9.90. The molecule has 13 heteroatoms. The van der Waals surface area contributed by atoms with Gasteiger partial charge in [0.05, 0.1) is 17.2 Å². The molecule has 1 aliphatic rings. The number of nitro benzene ring substituents is 1. The van der Waals surface area contributed by atoms with E-state index in [0.29, 0.717) is 34.8 Å². The van der Waals surface area contributed by atoms with Crippen LogP contribution in [0.25, 0.3) is 11.0 Å². The molecule has 1 saturated heterocycles. The number of ether oxygens (including phenoxy) is 1. The predicted octanol–water partition coefficient (Wildman–Crippen LogP) is 2.53. The molecule has 1 fully saturated rings. The monoisotopic (exact) mass is 570 g/mol. The van der Waals surface area contributed by atoms with E-state index in [-0.39, 0.29) is 11.2 Å². The van der Waals surface area contributed by atoms with E-state index in [1.54, 1.807) is 24.3 Å². The summed E-state index contributed by atoms with van der Waals surface area (Å²) in [6, 6.07) is 16.0. The highest BCUT2D eigenvalue weighted by Crippen LogP contribution is 2.35. The van der Waals surface area contributed by atoms with Crippen molar-refractivity contribution in [3.8, 4) is 0 Å². The summed E-state index contributed by atoms with van der Waals surface area (Å²) in [4.78, 5) is 12.6. The maximum atomic E-state index is 11.3. The van der Waals surface area contributed by atoms with Gasteiger partial charge in [-0.3, -0.25) is 10.1 Å². The molecule has 3 aromatic carbocycles. The Balaban J connectivity index is 1.30. The van der Waals surface area contributed by atoms with E-state index in [1.807, 2.05) is 36.2 Å². The van der Waals surface area contributed by atoms with E-state index < -0.39 is 42.1 Å². The topological polar surface area (TPSA) is 175 Å². The molecule has 0 bridgehead atoms. The summed E-state index contributed by atoms with van der Waals surface area (Å²) >= 11 is 6.47. The van der Waals surface area contributed by atoms with Crippen molar-refractivity contribution in [3.63, 3.8) is 0 Å². The molecule has 2 heterocycles. The average molecular weight is 571 g/mol. The number of aromatic nitrogens is 2. The van der Waals surface area contributed by atoms with E-state index in [2.05, 4.69) is 10.3 Å². The highest BCUT2D eigenvalue weighted by molar-refractivity contribution is 6.31. The zero-order chi connectivity index (χ0) is 28.6. The van der Waals surface area contributed by atoms with Crippen LogP contribution in [0, 0.1) is 10.1 Å². The maximum absolute atomic E-state index is 11.3. The second-order valence-electron chi connectivity index (χ2n) is 9.77. The minimum atomic E-state index is -1.47. The van der Waals surface area contributed by atoms with Crippen LogP contribution in [0.5, 0.6) is 0 Å². The van der Waals surface area contributed by atoms with E-state index in [9.17, 15) is 30.5 Å². The van der Waals surface area contributed by atoms with Gasteiger partial charge >= 0.3 is 5.69 Å². The molecule has 210 valence electrons. The minimum Gasteiger partial charge on any atom is -0.394 e. The molecule has 0 radical (unpaired) electrons. The minimum absolute atomic E-state index is 0.0903. The van der Waals surface area contributed by atoms with Crippen LogP contribution in [-0.4, -0.2) is 73.7 Å². The number of rotatable bonds is 8. The van der Waals surface area contributed by atoms with Crippen LogP contribution in [0.3, 0.4) is 0 Å². The van der Waals surface area contributed by atoms with Crippen molar-refractivity contribution >= 4 is 34.0 Å². The Morgan fingerprint density at radius 3 is 2.38 bits per heavy atom. The van der Waals surface area contributed by atoms with Crippen LogP contribution in [0.4, 0.5) is 11.4 Å². The quantitative estimate of drug-likeness (QED) is 0.181. The van der Waals surface area contributed by atoms with Crippen LogP contribution in [0.15, 0.2) is 59.2 Å². The van der Waals surface area contributed by atoms with Gasteiger partial charge in [0.25, 0.3) is 0 Å². The molecule has 0 aliphatic carbocycles. The van der Waals surface area contributed by atoms with Crippen molar-refractivity contribution in [1.29, 1.82) is 0 Å². The number of non-ortho nitro benzene ring substituents is 1. The second kappa shape index (κ2) is 11.5. The van der Waals surface area contributed by atoms with Gasteiger partial charge in [-0.25, -0.2) is 4.63 Å². The first kappa shape index (κ1) is 27.9. The number of halogens is 1. The third-order valence-electron chi connectivity index (χ3n) is 7.11. The van der Waals surface area contributed by atoms with Crippen LogP contribution >= 0.6 is 11.6 Å². The third kappa shape index (κ3) is 5.37. The van der Waals surface area contributed by atoms with Crippen LogP contribution in [0.1, 0.15) is 28.4 Å². The Hall–Kier alpha value is -3.65. The molecule has 4 aromatic rings. The number of anilines is 1. The normalized spacial score (nSPS) is 22.9. The van der Waals surface area contributed by atoms with Crippen molar-refractivity contribution in [2.45, 2.75) is 43.5 Å². The molecule has 0 saturated carbocycles. The van der Waals surface area contributed by atoms with Gasteiger partial charge in [-0.15, -0.1) is 0 Å². The number of nitrogens with zero attached hydrogens (tertiary/aromatic N) is 4. The SMILES string of the molecule is CN(Cc1ccc(Cc2cc(C3OC(CO)C(O)C(O)C3O)ccc2Cl)cc1)c1ccc([N+](=O)[O-])c2nonc12. The highest BCUT2D eigenvalue weighted by Gasteiger charge is 2.44. The molecule has 40 heavy (non-hydrogen) atoms. The van der Waals surface area contributed by atoms with Gasteiger partial charge in [0, 0.05) is 24.7 Å². The summed E-state index contributed by atoms with van der Waals surface area (Å²) < 4.78 is 10.4. The molecular weight excluding hydrogens is 544 g/mol. The average Bonchev–Trinajstić information content (AvgIpc) is 3.44. The van der Waals surface area contributed by atoms with Crippen LogP contribution < -0.4 is 4.90 Å². The number of nitro groups is 1. The molecule has 0 spiro atoms. The summed E-state index contributed by atoms with van der Waals surface area (Å²) in [5, 5.41) is 59.5. The Labute approximate surface area is 233 Å². The van der Waals surface area contributed by atoms with Gasteiger partial charge in [-0.2, -0.15) is 0 Å². The molecule has 12 nitrogen and oxygen atoms in total. The van der Waals surface area contributed by atoms with Gasteiger partial charge in [0.15, 0.2) is 5.52 Å². The van der Waals surface area contributed by atoms with E-state index in [0.717, 1.165) is 16.7 Å². The Bertz CT molecular complexity index is 1510. The smallest absolute Gasteiger partial charge is 0.300 e. The number of fused-ring (bicyclic) bond motifs is 1. The van der Waals surface area contributed by atoms with Crippen LogP contribution in [0.2, 0.25) is 5.02 Å². The number of hydrogen-bond donors (Lipinski definition) is 4. The van der Waals surface area contributed by atoms with Gasteiger partial charge in [0.1, 0.15) is 30.5 Å². The Morgan fingerprint density at radius 1 is 0.975 bits per heavy atom. The summed E-state index contributed by atoms with van der Waals surface area (Å²) in [5.41, 5.74) is 4.15. The van der Waals surface area contributed by atoms with Crippen molar-refractivity contribution in [2.24, 2.45) is 0 Å². The summed E-state index contributed by atoms with van der Waals surface area (Å²) in [5.74, 6) is 0. The maximum Gasteiger partial charge on any atom is 0.300 e. The van der Waals surface area contributed by atoms with Crippen molar-refractivity contribution in [2.75, 3.05) is 18.6 Å². The van der Waals surface area contributed by atoms with Gasteiger partial charge < -0.3 is 30.1 Å². The first-order valence-corrected chi connectivity index (χ1v) is 12.8. The predicted molar refractivity (Wildman–Crippen MR) is 144 cm³/mol. The van der Waals surface area contributed by atoms with E-state index in [1.165, 1.54) is 6.07 Å². The summed E-state index contributed by atoms with van der Waals surface area (Å²) in [6.45, 7) is -0.0125. The van der Waals surface area contributed by atoms with Crippen molar-refractivity contribution in [3.05, 3.63) is 92.0 Å². The Morgan fingerprint density at radius 2 is 1.68 bits per heavy atom.